The summed E-state index contributed by atoms with van der Waals surface area (Å²) in [5.74, 6) is -0.509. The molecule has 1 aliphatic rings. The fraction of sp³-hybridized carbons (Fsp3) is 0.533. The molecule has 2 amide bonds. The molecule has 0 bridgehead atoms. The number of H-pyrrole nitrogens is 1. The number of nitrogens with zero attached hydrogens (tertiary/aromatic N) is 1. The number of nitrogens with one attached hydrogen (secondary N) is 2. The Hall–Kier alpha value is -2.15. The number of carbonyl (C=O) groups is 2. The van der Waals surface area contributed by atoms with E-state index < -0.39 is 0 Å². The van der Waals surface area contributed by atoms with Crippen LogP contribution < -0.4 is 10.9 Å². The predicted octanol–water partition coefficient (Wildman–Crippen LogP) is -0.167. The van der Waals surface area contributed by atoms with Gasteiger partial charge in [0, 0.05) is 25.9 Å². The van der Waals surface area contributed by atoms with Crippen molar-refractivity contribution in [2.24, 2.45) is 0 Å². The van der Waals surface area contributed by atoms with Crippen molar-refractivity contribution in [2.45, 2.75) is 26.3 Å². The van der Waals surface area contributed by atoms with Gasteiger partial charge in [-0.15, -0.1) is 0 Å². The molecule has 1 fully saturated rings. The van der Waals surface area contributed by atoms with Crippen LogP contribution in [0.2, 0.25) is 0 Å². The molecule has 1 aliphatic heterocycles. The van der Waals surface area contributed by atoms with E-state index in [2.05, 4.69) is 10.3 Å². The Bertz CT molecular complexity index is 632. The molecule has 120 valence electrons. The number of rotatable bonds is 5. The number of pyridine rings is 1. The third-order valence-corrected chi connectivity index (χ3v) is 3.74. The summed E-state index contributed by atoms with van der Waals surface area (Å²) in [6.07, 6.45) is 0.715. The molecule has 0 aliphatic carbocycles. The Labute approximate surface area is 128 Å². The lowest BCUT2D eigenvalue weighted by Gasteiger charge is -2.39. The first-order valence-electron chi connectivity index (χ1n) is 7.26. The Balaban J connectivity index is 1.99. The average molecular weight is 307 g/mol. The van der Waals surface area contributed by atoms with E-state index in [1.165, 1.54) is 7.11 Å². The molecule has 1 aromatic heterocycles. The predicted molar refractivity (Wildman–Crippen MR) is 80.9 cm³/mol. The molecule has 0 aromatic carbocycles. The molecule has 22 heavy (non-hydrogen) atoms. The van der Waals surface area contributed by atoms with Crippen molar-refractivity contribution in [1.29, 1.82) is 0 Å². The van der Waals surface area contributed by atoms with Crippen LogP contribution in [0.1, 0.15) is 28.5 Å². The first-order chi connectivity index (χ1) is 10.5. The highest BCUT2D eigenvalue weighted by molar-refractivity contribution is 5.94. The highest BCUT2D eigenvalue weighted by atomic mass is 16.5. The number of ether oxygens (including phenoxy) is 1. The van der Waals surface area contributed by atoms with Crippen LogP contribution in [0.3, 0.4) is 0 Å². The molecule has 0 radical (unpaired) electrons. The number of amides is 2. The van der Waals surface area contributed by atoms with E-state index in [9.17, 15) is 14.4 Å². The zero-order valence-electron chi connectivity index (χ0n) is 13.1. The van der Waals surface area contributed by atoms with Crippen LogP contribution in [-0.2, 0) is 16.0 Å². The van der Waals surface area contributed by atoms with Gasteiger partial charge in [0.2, 0.25) is 5.91 Å². The molecule has 0 saturated carbocycles. The summed E-state index contributed by atoms with van der Waals surface area (Å²) in [6, 6.07) is 1.55. The number of aryl methyl sites for hydroxylation is 2. The van der Waals surface area contributed by atoms with Crippen LogP contribution >= 0.6 is 0 Å². The SMILES string of the molecule is CCc1[nH]c(=O)c(C(=O)N2CC(NC(=O)COC)C2)cc1C. The maximum absolute atomic E-state index is 12.3. The molecule has 2 heterocycles. The second-order valence-electron chi connectivity index (χ2n) is 5.43. The van der Waals surface area contributed by atoms with Gasteiger partial charge in [0.25, 0.3) is 11.5 Å². The van der Waals surface area contributed by atoms with Gasteiger partial charge in [0.05, 0.1) is 6.04 Å². The molecule has 0 atom stereocenters. The molecular formula is C15H21N3O4. The fourth-order valence-corrected chi connectivity index (χ4v) is 2.50. The molecule has 0 unspecified atom stereocenters. The summed E-state index contributed by atoms with van der Waals surface area (Å²) in [6.45, 7) is 4.63. The van der Waals surface area contributed by atoms with Gasteiger partial charge >= 0.3 is 0 Å². The lowest BCUT2D eigenvalue weighted by Crippen LogP contribution is -2.61. The molecule has 0 spiro atoms. The molecule has 2 rings (SSSR count). The number of likely N-dealkylation sites (tertiary alicyclic amines) is 1. The first-order valence-corrected chi connectivity index (χ1v) is 7.26. The smallest absolute Gasteiger partial charge is 0.261 e. The largest absolute Gasteiger partial charge is 0.375 e. The lowest BCUT2D eigenvalue weighted by atomic mass is 10.1. The van der Waals surface area contributed by atoms with Gasteiger partial charge in [0.15, 0.2) is 0 Å². The van der Waals surface area contributed by atoms with E-state index in [0.29, 0.717) is 19.5 Å². The number of aromatic nitrogens is 1. The second kappa shape index (κ2) is 6.74. The van der Waals surface area contributed by atoms with Crippen LogP contribution in [0, 0.1) is 6.92 Å². The summed E-state index contributed by atoms with van der Waals surface area (Å²) in [4.78, 5) is 40.0. The Morgan fingerprint density at radius 3 is 2.73 bits per heavy atom. The number of methoxy groups -OCH3 is 1. The third kappa shape index (κ3) is 3.36. The van der Waals surface area contributed by atoms with E-state index in [4.69, 9.17) is 4.74 Å². The van der Waals surface area contributed by atoms with Gasteiger partial charge < -0.3 is 19.9 Å². The monoisotopic (exact) mass is 307 g/mol. The average Bonchev–Trinajstić information content (AvgIpc) is 2.44. The Morgan fingerprint density at radius 1 is 1.45 bits per heavy atom. The normalized spacial score (nSPS) is 14.6. The van der Waals surface area contributed by atoms with Crippen molar-refractivity contribution in [3.63, 3.8) is 0 Å². The number of aromatic amines is 1. The van der Waals surface area contributed by atoms with Gasteiger partial charge in [-0.05, 0) is 25.0 Å². The van der Waals surface area contributed by atoms with E-state index in [1.807, 2.05) is 13.8 Å². The minimum absolute atomic E-state index is 0.00177. The third-order valence-electron chi connectivity index (χ3n) is 3.74. The van der Waals surface area contributed by atoms with Crippen molar-refractivity contribution in [3.05, 3.63) is 33.2 Å². The lowest BCUT2D eigenvalue weighted by molar-refractivity contribution is -0.126. The quantitative estimate of drug-likeness (QED) is 0.790. The van der Waals surface area contributed by atoms with Crippen LogP contribution in [0.25, 0.3) is 0 Å². The van der Waals surface area contributed by atoms with Crippen LogP contribution in [0.5, 0.6) is 0 Å². The minimum atomic E-state index is -0.362. The molecule has 1 aromatic rings. The van der Waals surface area contributed by atoms with Crippen LogP contribution in [-0.4, -0.2) is 54.5 Å². The van der Waals surface area contributed by atoms with Gasteiger partial charge in [-0.1, -0.05) is 6.92 Å². The summed E-state index contributed by atoms with van der Waals surface area (Å²) >= 11 is 0. The van der Waals surface area contributed by atoms with E-state index >= 15 is 0 Å². The molecule has 2 N–H and O–H groups in total. The van der Waals surface area contributed by atoms with E-state index in [0.717, 1.165) is 11.3 Å². The second-order valence-corrected chi connectivity index (χ2v) is 5.43. The standard InChI is InChI=1S/C15H21N3O4/c1-4-12-9(2)5-11(14(20)17-12)15(21)18-6-10(7-18)16-13(19)8-22-3/h5,10H,4,6-8H2,1-3H3,(H,16,19)(H,17,20). The first kappa shape index (κ1) is 16.2. The Morgan fingerprint density at radius 2 is 2.14 bits per heavy atom. The van der Waals surface area contributed by atoms with Gasteiger partial charge in [0.1, 0.15) is 12.2 Å². The van der Waals surface area contributed by atoms with Crippen molar-refractivity contribution < 1.29 is 14.3 Å². The molecule has 1 saturated heterocycles. The van der Waals surface area contributed by atoms with Gasteiger partial charge in [-0.2, -0.15) is 0 Å². The number of hydrogen-bond acceptors (Lipinski definition) is 4. The Kier molecular flexibility index (Phi) is 4.97. The maximum Gasteiger partial charge on any atom is 0.261 e. The molecule has 7 heteroatoms. The van der Waals surface area contributed by atoms with Gasteiger partial charge in [-0.25, -0.2) is 0 Å². The van der Waals surface area contributed by atoms with Crippen molar-refractivity contribution >= 4 is 11.8 Å². The summed E-state index contributed by atoms with van der Waals surface area (Å²) in [7, 11) is 1.45. The summed E-state index contributed by atoms with van der Waals surface area (Å²) in [5.41, 5.74) is 1.53. The summed E-state index contributed by atoms with van der Waals surface area (Å²) < 4.78 is 4.73. The maximum atomic E-state index is 12.3. The topological polar surface area (TPSA) is 91.5 Å². The highest BCUT2D eigenvalue weighted by Crippen LogP contribution is 2.13. The van der Waals surface area contributed by atoms with Gasteiger partial charge in [-0.3, -0.25) is 14.4 Å². The molecule has 7 nitrogen and oxygen atoms in total. The van der Waals surface area contributed by atoms with E-state index in [-0.39, 0.29) is 35.6 Å². The zero-order valence-corrected chi connectivity index (χ0v) is 13.1. The minimum Gasteiger partial charge on any atom is -0.375 e. The number of hydrogen-bond donors (Lipinski definition) is 2. The highest BCUT2D eigenvalue weighted by Gasteiger charge is 2.33. The van der Waals surface area contributed by atoms with E-state index in [1.54, 1.807) is 11.0 Å². The molecular weight excluding hydrogens is 286 g/mol. The fourth-order valence-electron chi connectivity index (χ4n) is 2.50. The van der Waals surface area contributed by atoms with Crippen LogP contribution in [0.4, 0.5) is 0 Å². The number of carbonyl (C=O) groups excluding carboxylic acids is 2. The van der Waals surface area contributed by atoms with Crippen molar-refractivity contribution in [3.8, 4) is 0 Å². The summed E-state index contributed by atoms with van der Waals surface area (Å²) in [5, 5.41) is 2.75. The van der Waals surface area contributed by atoms with Crippen molar-refractivity contribution in [1.82, 2.24) is 15.2 Å². The van der Waals surface area contributed by atoms with Crippen LogP contribution in [0.15, 0.2) is 10.9 Å². The zero-order chi connectivity index (χ0) is 16.3. The van der Waals surface area contributed by atoms with Crippen molar-refractivity contribution in [2.75, 3.05) is 26.8 Å².